The molecule has 0 saturated heterocycles. The first-order valence-electron chi connectivity index (χ1n) is 5.92. The molecule has 1 aromatic carbocycles. The summed E-state index contributed by atoms with van der Waals surface area (Å²) >= 11 is 0. The van der Waals surface area contributed by atoms with E-state index >= 15 is 0 Å². The molecule has 5 heteroatoms. The summed E-state index contributed by atoms with van der Waals surface area (Å²) in [4.78, 5) is 22.8. The molecule has 96 valence electrons. The number of carboxylic acid groups (broad SMARTS) is 1. The molecule has 0 heterocycles. The number of nitrogens with two attached hydrogens (primary N) is 1. The van der Waals surface area contributed by atoms with Crippen molar-refractivity contribution in [2.24, 2.45) is 11.1 Å². The summed E-state index contributed by atoms with van der Waals surface area (Å²) in [6, 6.07) is 6.11. The predicted molar refractivity (Wildman–Crippen MR) is 67.4 cm³/mol. The molecule has 2 rings (SSSR count). The van der Waals surface area contributed by atoms with Gasteiger partial charge in [0.15, 0.2) is 0 Å². The van der Waals surface area contributed by atoms with Crippen molar-refractivity contribution in [3.63, 3.8) is 0 Å². The highest BCUT2D eigenvalue weighted by Gasteiger charge is 2.42. The molecule has 4 N–H and O–H groups in total. The largest absolute Gasteiger partial charge is 0.478 e. The van der Waals surface area contributed by atoms with Crippen LogP contribution in [0.5, 0.6) is 0 Å². The fourth-order valence-corrected chi connectivity index (χ4v) is 2.09. The third kappa shape index (κ3) is 2.22. The Hall–Kier alpha value is -1.88. The van der Waals surface area contributed by atoms with Gasteiger partial charge in [0.2, 0.25) is 5.91 Å². The van der Waals surface area contributed by atoms with E-state index in [9.17, 15) is 9.59 Å². The molecule has 1 aromatic rings. The first-order chi connectivity index (χ1) is 8.57. The van der Waals surface area contributed by atoms with Gasteiger partial charge < -0.3 is 16.2 Å². The van der Waals surface area contributed by atoms with E-state index in [1.165, 1.54) is 12.1 Å². The van der Waals surface area contributed by atoms with Gasteiger partial charge in [-0.3, -0.25) is 4.79 Å². The van der Waals surface area contributed by atoms with E-state index in [4.69, 9.17) is 10.8 Å². The molecule has 1 aliphatic carbocycles. The van der Waals surface area contributed by atoms with Crippen molar-refractivity contribution in [3.05, 3.63) is 29.8 Å². The van der Waals surface area contributed by atoms with Crippen LogP contribution >= 0.6 is 0 Å². The summed E-state index contributed by atoms with van der Waals surface area (Å²) in [5.41, 5.74) is 6.02. The lowest BCUT2D eigenvalue weighted by molar-refractivity contribution is -0.129. The summed E-state index contributed by atoms with van der Waals surface area (Å²) < 4.78 is 0. The predicted octanol–water partition coefficient (Wildman–Crippen LogP) is 1.45. The molecule has 1 saturated carbocycles. The molecular weight excluding hydrogens is 232 g/mol. The van der Waals surface area contributed by atoms with E-state index in [1.807, 2.05) is 0 Å². The monoisotopic (exact) mass is 248 g/mol. The summed E-state index contributed by atoms with van der Waals surface area (Å²) in [6.07, 6.45) is 2.67. The molecule has 1 fully saturated rings. The Morgan fingerprint density at radius 3 is 2.28 bits per heavy atom. The Bertz CT molecular complexity index is 458. The Morgan fingerprint density at radius 1 is 1.28 bits per heavy atom. The minimum atomic E-state index is -0.981. The van der Waals surface area contributed by atoms with Crippen molar-refractivity contribution >= 4 is 17.6 Å². The van der Waals surface area contributed by atoms with Gasteiger partial charge in [-0.25, -0.2) is 4.79 Å². The smallest absolute Gasteiger partial charge is 0.335 e. The summed E-state index contributed by atoms with van der Waals surface area (Å²) in [5, 5.41) is 11.6. The Balaban J connectivity index is 2.05. The molecule has 1 aliphatic rings. The fourth-order valence-electron chi connectivity index (χ4n) is 2.09. The van der Waals surface area contributed by atoms with Crippen LogP contribution in [0.2, 0.25) is 0 Å². The lowest BCUT2D eigenvalue weighted by Gasteiger charge is -2.39. The van der Waals surface area contributed by atoms with Gasteiger partial charge in [0, 0.05) is 12.2 Å². The number of hydrogen-bond acceptors (Lipinski definition) is 3. The summed E-state index contributed by atoms with van der Waals surface area (Å²) in [5.74, 6) is -1.05. The second-order valence-electron chi connectivity index (χ2n) is 4.67. The van der Waals surface area contributed by atoms with Crippen LogP contribution in [0, 0.1) is 5.41 Å². The number of aromatic carboxylic acids is 1. The van der Waals surface area contributed by atoms with Crippen molar-refractivity contribution in [3.8, 4) is 0 Å². The van der Waals surface area contributed by atoms with Gasteiger partial charge in [-0.2, -0.15) is 0 Å². The van der Waals surface area contributed by atoms with Gasteiger partial charge in [-0.05, 0) is 37.1 Å². The SMILES string of the molecule is NCC1(C(=O)Nc2ccc(C(=O)O)cc2)CCC1. The number of amides is 1. The minimum absolute atomic E-state index is 0.0701. The molecule has 0 spiro atoms. The molecule has 0 unspecified atom stereocenters. The lowest BCUT2D eigenvalue weighted by atomic mass is 9.68. The molecule has 0 atom stereocenters. The maximum atomic E-state index is 12.1. The number of carbonyl (C=O) groups excluding carboxylic acids is 1. The van der Waals surface area contributed by atoms with E-state index in [0.29, 0.717) is 12.2 Å². The van der Waals surface area contributed by atoms with Crippen LogP contribution in [0.1, 0.15) is 29.6 Å². The van der Waals surface area contributed by atoms with Crippen LogP contribution in [0.3, 0.4) is 0 Å². The average molecular weight is 248 g/mol. The number of benzene rings is 1. The number of hydrogen-bond donors (Lipinski definition) is 3. The van der Waals surface area contributed by atoms with Crippen molar-refractivity contribution in [2.45, 2.75) is 19.3 Å². The lowest BCUT2D eigenvalue weighted by Crippen LogP contribution is -2.47. The van der Waals surface area contributed by atoms with E-state index in [1.54, 1.807) is 12.1 Å². The van der Waals surface area contributed by atoms with E-state index in [2.05, 4.69) is 5.32 Å². The van der Waals surface area contributed by atoms with Crippen LogP contribution in [0.15, 0.2) is 24.3 Å². The second kappa shape index (κ2) is 4.78. The molecule has 18 heavy (non-hydrogen) atoms. The second-order valence-corrected chi connectivity index (χ2v) is 4.67. The molecule has 0 aliphatic heterocycles. The minimum Gasteiger partial charge on any atom is -0.478 e. The Morgan fingerprint density at radius 2 is 1.89 bits per heavy atom. The first-order valence-corrected chi connectivity index (χ1v) is 5.92. The molecule has 0 bridgehead atoms. The molecule has 5 nitrogen and oxygen atoms in total. The molecule has 1 amide bonds. The van der Waals surface area contributed by atoms with Gasteiger partial charge in [-0.15, -0.1) is 0 Å². The third-order valence-corrected chi connectivity index (χ3v) is 3.57. The topological polar surface area (TPSA) is 92.4 Å². The van der Waals surface area contributed by atoms with Crippen molar-refractivity contribution in [1.29, 1.82) is 0 Å². The van der Waals surface area contributed by atoms with Gasteiger partial charge >= 0.3 is 5.97 Å². The van der Waals surface area contributed by atoms with Crippen LogP contribution in [0.4, 0.5) is 5.69 Å². The van der Waals surface area contributed by atoms with Crippen LogP contribution in [0.25, 0.3) is 0 Å². The van der Waals surface area contributed by atoms with Crippen molar-refractivity contribution in [2.75, 3.05) is 11.9 Å². The summed E-state index contributed by atoms with van der Waals surface area (Å²) in [6.45, 7) is 0.353. The fraction of sp³-hybridized carbons (Fsp3) is 0.385. The van der Waals surface area contributed by atoms with Crippen LogP contribution in [-0.4, -0.2) is 23.5 Å². The molecular formula is C13H16N2O3. The zero-order chi connectivity index (χ0) is 13.2. The highest BCUT2D eigenvalue weighted by Crippen LogP contribution is 2.40. The van der Waals surface area contributed by atoms with E-state index < -0.39 is 11.4 Å². The highest BCUT2D eigenvalue weighted by atomic mass is 16.4. The van der Waals surface area contributed by atoms with E-state index in [0.717, 1.165) is 19.3 Å². The highest BCUT2D eigenvalue weighted by molar-refractivity contribution is 5.96. The number of nitrogens with one attached hydrogen (secondary N) is 1. The first kappa shape index (κ1) is 12.6. The maximum Gasteiger partial charge on any atom is 0.335 e. The molecule has 0 radical (unpaired) electrons. The van der Waals surface area contributed by atoms with Gasteiger partial charge in [0.1, 0.15) is 0 Å². The normalized spacial score (nSPS) is 16.7. The van der Waals surface area contributed by atoms with Crippen LogP contribution in [-0.2, 0) is 4.79 Å². The Kier molecular flexibility index (Phi) is 3.34. The third-order valence-electron chi connectivity index (χ3n) is 3.57. The number of carbonyl (C=O) groups is 2. The van der Waals surface area contributed by atoms with Crippen molar-refractivity contribution < 1.29 is 14.7 Å². The zero-order valence-electron chi connectivity index (χ0n) is 9.98. The van der Waals surface area contributed by atoms with Gasteiger partial charge in [0.25, 0.3) is 0 Å². The van der Waals surface area contributed by atoms with E-state index in [-0.39, 0.29) is 11.5 Å². The number of rotatable bonds is 4. The Labute approximate surface area is 105 Å². The van der Waals surface area contributed by atoms with Gasteiger partial charge in [-0.1, -0.05) is 6.42 Å². The van der Waals surface area contributed by atoms with Gasteiger partial charge in [0.05, 0.1) is 11.0 Å². The average Bonchev–Trinajstić information content (AvgIpc) is 2.29. The van der Waals surface area contributed by atoms with Crippen molar-refractivity contribution in [1.82, 2.24) is 0 Å². The number of carboxylic acids is 1. The standard InChI is InChI=1S/C13H16N2O3/c14-8-13(6-1-7-13)12(18)15-10-4-2-9(3-5-10)11(16)17/h2-5H,1,6-8,14H2,(H,15,18)(H,16,17). The number of anilines is 1. The molecule has 0 aromatic heterocycles. The maximum absolute atomic E-state index is 12.1. The quantitative estimate of drug-likeness (QED) is 0.752. The van der Waals surface area contributed by atoms with Crippen LogP contribution < -0.4 is 11.1 Å². The summed E-state index contributed by atoms with van der Waals surface area (Å²) in [7, 11) is 0. The zero-order valence-corrected chi connectivity index (χ0v) is 9.98.